The summed E-state index contributed by atoms with van der Waals surface area (Å²) in [6.45, 7) is -0.0956. The zero-order valence-electron chi connectivity index (χ0n) is 19.4. The monoisotopic (exact) mass is 495 g/mol. The van der Waals surface area contributed by atoms with Crippen molar-refractivity contribution in [3.05, 3.63) is 52.2 Å². The number of imidazole rings is 1. The molecule has 1 aromatic heterocycles. The van der Waals surface area contributed by atoms with E-state index in [2.05, 4.69) is 4.74 Å². The maximum absolute atomic E-state index is 13.1. The zero-order valence-corrected chi connectivity index (χ0v) is 19.4. The van der Waals surface area contributed by atoms with Gasteiger partial charge in [0.1, 0.15) is 6.61 Å². The number of nitrogens with zero attached hydrogens (tertiary/aromatic N) is 3. The first kappa shape index (κ1) is 25.0. The molecule has 1 aliphatic carbocycles. The Hall–Kier alpha value is -3.08. The summed E-state index contributed by atoms with van der Waals surface area (Å²) in [7, 11) is 1.31. The number of methoxy groups -OCH3 is 1. The van der Waals surface area contributed by atoms with Crippen LogP contribution in [0, 0.1) is 0 Å². The first-order chi connectivity index (χ1) is 16.7. The van der Waals surface area contributed by atoms with Gasteiger partial charge in [0.2, 0.25) is 0 Å². The number of hydrogen-bond donors (Lipinski definition) is 0. The van der Waals surface area contributed by atoms with Gasteiger partial charge in [0.05, 0.1) is 18.9 Å². The average Bonchev–Trinajstić information content (AvgIpc) is 3.10. The van der Waals surface area contributed by atoms with Crippen LogP contribution in [0.25, 0.3) is 5.69 Å². The van der Waals surface area contributed by atoms with Gasteiger partial charge in [-0.15, -0.1) is 0 Å². The van der Waals surface area contributed by atoms with E-state index >= 15 is 0 Å². The Bertz CT molecular complexity index is 1130. The molecule has 1 aliphatic heterocycles. The summed E-state index contributed by atoms with van der Waals surface area (Å²) in [6.07, 6.45) is 2.06. The van der Waals surface area contributed by atoms with Crippen LogP contribution < -0.4 is 5.69 Å². The van der Waals surface area contributed by atoms with Crippen molar-refractivity contribution in [1.29, 1.82) is 0 Å². The number of benzene rings is 1. The molecule has 4 rings (SSSR count). The Morgan fingerprint density at radius 1 is 1.03 bits per heavy atom. The van der Waals surface area contributed by atoms with Crippen LogP contribution in [0.15, 0.2) is 35.4 Å². The molecule has 190 valence electrons. The molecular weight excluding hydrogens is 467 g/mol. The van der Waals surface area contributed by atoms with E-state index in [0.29, 0.717) is 12.1 Å². The van der Waals surface area contributed by atoms with Gasteiger partial charge in [-0.1, -0.05) is 6.07 Å². The SMILES string of the molecule is COC(=O)CO[C@H]1CC[C@H](n2ccn(-c3ccc4c(c3)CCN(C(=O)C(F)(F)F)CC4)c2=O)CC1. The van der Waals surface area contributed by atoms with Crippen molar-refractivity contribution in [2.45, 2.75) is 56.8 Å². The molecule has 2 aliphatic rings. The molecule has 1 fully saturated rings. The molecule has 0 N–H and O–H groups in total. The zero-order chi connectivity index (χ0) is 25.2. The number of carbonyl (C=O) groups is 2. The Balaban J connectivity index is 1.43. The Morgan fingerprint density at radius 3 is 2.37 bits per heavy atom. The van der Waals surface area contributed by atoms with Gasteiger partial charge in [0.15, 0.2) is 0 Å². The second-order valence-corrected chi connectivity index (χ2v) is 8.92. The van der Waals surface area contributed by atoms with E-state index in [0.717, 1.165) is 41.7 Å². The van der Waals surface area contributed by atoms with Crippen molar-refractivity contribution in [3.63, 3.8) is 0 Å². The first-order valence-electron chi connectivity index (χ1n) is 11.6. The van der Waals surface area contributed by atoms with Crippen LogP contribution in [0.5, 0.6) is 0 Å². The molecule has 0 saturated heterocycles. The van der Waals surface area contributed by atoms with Crippen LogP contribution in [0.4, 0.5) is 13.2 Å². The van der Waals surface area contributed by atoms with E-state index in [1.165, 1.54) is 11.7 Å². The second kappa shape index (κ2) is 10.3. The van der Waals surface area contributed by atoms with Crippen LogP contribution in [-0.4, -0.2) is 65.0 Å². The number of esters is 1. The Kier molecular flexibility index (Phi) is 7.34. The summed E-state index contributed by atoms with van der Waals surface area (Å²) in [6, 6.07) is 5.44. The molecule has 1 amide bonds. The molecule has 35 heavy (non-hydrogen) atoms. The van der Waals surface area contributed by atoms with E-state index in [1.54, 1.807) is 23.0 Å². The number of ether oxygens (including phenoxy) is 2. The maximum Gasteiger partial charge on any atom is 0.471 e. The maximum atomic E-state index is 13.1. The number of alkyl halides is 3. The molecule has 1 saturated carbocycles. The predicted molar refractivity (Wildman–Crippen MR) is 119 cm³/mol. The molecule has 1 aromatic carbocycles. The van der Waals surface area contributed by atoms with Gasteiger partial charge in [-0.3, -0.25) is 13.9 Å². The minimum atomic E-state index is -4.88. The number of fused-ring (bicyclic) bond motifs is 1. The van der Waals surface area contributed by atoms with Gasteiger partial charge in [-0.2, -0.15) is 13.2 Å². The normalized spacial score (nSPS) is 20.7. The highest BCUT2D eigenvalue weighted by Gasteiger charge is 2.42. The fourth-order valence-electron chi connectivity index (χ4n) is 4.84. The van der Waals surface area contributed by atoms with E-state index in [1.807, 2.05) is 12.1 Å². The summed E-state index contributed by atoms with van der Waals surface area (Å²) >= 11 is 0. The fourth-order valence-corrected chi connectivity index (χ4v) is 4.84. The van der Waals surface area contributed by atoms with Crippen LogP contribution in [0.1, 0.15) is 42.9 Å². The van der Waals surface area contributed by atoms with Crippen molar-refractivity contribution in [2.75, 3.05) is 26.8 Å². The van der Waals surface area contributed by atoms with E-state index < -0.39 is 18.1 Å². The van der Waals surface area contributed by atoms with E-state index in [9.17, 15) is 27.6 Å². The molecule has 0 atom stereocenters. The van der Waals surface area contributed by atoms with E-state index in [4.69, 9.17) is 4.74 Å². The van der Waals surface area contributed by atoms with Gasteiger partial charge < -0.3 is 14.4 Å². The van der Waals surface area contributed by atoms with Crippen molar-refractivity contribution < 1.29 is 32.2 Å². The number of rotatable bonds is 5. The van der Waals surface area contributed by atoms with Crippen LogP contribution in [0.2, 0.25) is 0 Å². The first-order valence-corrected chi connectivity index (χ1v) is 11.6. The van der Waals surface area contributed by atoms with Crippen LogP contribution >= 0.6 is 0 Å². The third kappa shape index (κ3) is 5.61. The largest absolute Gasteiger partial charge is 0.471 e. The summed E-state index contributed by atoms with van der Waals surface area (Å²) in [5.41, 5.74) is 2.16. The molecule has 0 unspecified atom stereocenters. The Morgan fingerprint density at radius 2 is 1.71 bits per heavy atom. The summed E-state index contributed by atoms with van der Waals surface area (Å²) < 4.78 is 51.9. The van der Waals surface area contributed by atoms with E-state index in [-0.39, 0.29) is 44.0 Å². The fraction of sp³-hybridized carbons (Fsp3) is 0.542. The lowest BCUT2D eigenvalue weighted by Gasteiger charge is -2.28. The minimum absolute atomic E-state index is 0.00698. The number of aromatic nitrogens is 2. The molecular formula is C24H28F3N3O5. The summed E-state index contributed by atoms with van der Waals surface area (Å²) in [4.78, 5) is 36.9. The number of hydrogen-bond acceptors (Lipinski definition) is 5. The van der Waals surface area contributed by atoms with Gasteiger partial charge in [-0.05, 0) is 61.8 Å². The van der Waals surface area contributed by atoms with Crippen molar-refractivity contribution in [1.82, 2.24) is 14.0 Å². The molecule has 2 aromatic rings. The molecule has 2 heterocycles. The van der Waals surface area contributed by atoms with Gasteiger partial charge in [0, 0.05) is 31.5 Å². The molecule has 8 nitrogen and oxygen atoms in total. The smallest absolute Gasteiger partial charge is 0.467 e. The highest BCUT2D eigenvalue weighted by molar-refractivity contribution is 5.82. The highest BCUT2D eigenvalue weighted by atomic mass is 19.4. The third-order valence-electron chi connectivity index (χ3n) is 6.80. The summed E-state index contributed by atoms with van der Waals surface area (Å²) in [5, 5.41) is 0. The van der Waals surface area contributed by atoms with Crippen molar-refractivity contribution >= 4 is 11.9 Å². The van der Waals surface area contributed by atoms with Gasteiger partial charge in [0.25, 0.3) is 0 Å². The molecule has 0 radical (unpaired) electrons. The lowest BCUT2D eigenvalue weighted by Crippen LogP contribution is -2.42. The minimum Gasteiger partial charge on any atom is -0.467 e. The lowest BCUT2D eigenvalue weighted by atomic mass is 9.93. The van der Waals surface area contributed by atoms with Crippen molar-refractivity contribution in [3.8, 4) is 5.69 Å². The topological polar surface area (TPSA) is 82.8 Å². The third-order valence-corrected chi connectivity index (χ3v) is 6.80. The molecule has 0 bridgehead atoms. The van der Waals surface area contributed by atoms with Crippen LogP contribution in [0.3, 0.4) is 0 Å². The number of carbonyl (C=O) groups excluding carboxylic acids is 2. The van der Waals surface area contributed by atoms with Crippen LogP contribution in [-0.2, 0) is 31.9 Å². The standard InChI is InChI=1S/C24H28F3N3O5/c1-34-21(31)15-35-20-6-4-18(5-7-20)29-12-13-30(23(29)33)19-3-2-16-8-10-28(11-9-17(16)14-19)22(32)24(25,26)27/h2-3,12-14,18,20H,4-11,15H2,1H3/t18-,20-. The molecule has 0 spiro atoms. The Labute approximate surface area is 200 Å². The van der Waals surface area contributed by atoms with Gasteiger partial charge >= 0.3 is 23.7 Å². The molecule has 11 heteroatoms. The average molecular weight is 495 g/mol. The summed E-state index contributed by atoms with van der Waals surface area (Å²) in [5.74, 6) is -2.23. The quantitative estimate of drug-likeness (QED) is 0.596. The van der Waals surface area contributed by atoms with Crippen molar-refractivity contribution in [2.24, 2.45) is 0 Å². The number of amides is 1. The predicted octanol–water partition coefficient (Wildman–Crippen LogP) is 2.80. The second-order valence-electron chi connectivity index (χ2n) is 8.92. The number of halogens is 3. The highest BCUT2D eigenvalue weighted by Crippen LogP contribution is 2.29. The lowest BCUT2D eigenvalue weighted by molar-refractivity contribution is -0.185. The van der Waals surface area contributed by atoms with Gasteiger partial charge in [-0.25, -0.2) is 9.59 Å².